The quantitative estimate of drug-likeness (QED) is 0.0193. The van der Waals surface area contributed by atoms with Gasteiger partial charge < -0.3 is 43.8 Å². The summed E-state index contributed by atoms with van der Waals surface area (Å²) in [6, 6.07) is 22.3. The number of carbonyl (C=O) groups is 4. The van der Waals surface area contributed by atoms with Gasteiger partial charge in [-0.25, -0.2) is 9.78 Å². The molecule has 0 radical (unpaired) electrons. The predicted octanol–water partition coefficient (Wildman–Crippen LogP) is 7.02. The van der Waals surface area contributed by atoms with Crippen LogP contribution in [0.5, 0.6) is 5.75 Å². The van der Waals surface area contributed by atoms with E-state index in [1.807, 2.05) is 73.7 Å². The molecule has 1 atom stereocenters. The number of rotatable bonds is 28. The summed E-state index contributed by atoms with van der Waals surface area (Å²) < 4.78 is 38.5. The third kappa shape index (κ3) is 19.1. The number of aromatic nitrogens is 1. The number of benzene rings is 3. The molecular formula is C47H61N7O11. The minimum Gasteiger partial charge on any atom is -0.491 e. The Morgan fingerprint density at radius 3 is 2.14 bits per heavy atom. The number of ether oxygens (including phenoxy) is 7. The Hall–Kier alpha value is -6.30. The Balaban J connectivity index is 1.27. The molecule has 350 valence electrons. The molecule has 1 aromatic heterocycles. The van der Waals surface area contributed by atoms with E-state index >= 15 is 0 Å². The molecule has 0 unspecified atom stereocenters. The Morgan fingerprint density at radius 1 is 0.831 bits per heavy atom. The number of fused-ring (bicyclic) bond motifs is 1. The molecular weight excluding hydrogens is 839 g/mol. The summed E-state index contributed by atoms with van der Waals surface area (Å²) in [5, 5.41) is 10.9. The number of pyridine rings is 1. The number of hydrogen-bond acceptors (Lipinski definition) is 13. The molecule has 0 aliphatic rings. The average Bonchev–Trinajstić information content (AvgIpc) is 3.28. The van der Waals surface area contributed by atoms with Crippen molar-refractivity contribution in [1.82, 2.24) is 15.6 Å². The first-order chi connectivity index (χ1) is 31.4. The van der Waals surface area contributed by atoms with Crippen LogP contribution >= 0.6 is 0 Å². The number of hydrogen-bond donors (Lipinski definition) is 2. The molecule has 18 heteroatoms. The van der Waals surface area contributed by atoms with Crippen molar-refractivity contribution in [2.45, 2.75) is 58.6 Å². The van der Waals surface area contributed by atoms with Crippen molar-refractivity contribution in [3.63, 3.8) is 0 Å². The average molecular weight is 900 g/mol. The van der Waals surface area contributed by atoms with E-state index in [2.05, 4.69) is 25.6 Å². The Kier molecular flexibility index (Phi) is 21.9. The van der Waals surface area contributed by atoms with Crippen molar-refractivity contribution in [2.24, 2.45) is 5.11 Å². The number of nitrogens with one attached hydrogen (secondary N) is 2. The summed E-state index contributed by atoms with van der Waals surface area (Å²) in [5.41, 5.74) is 10.9. The minimum atomic E-state index is -0.733. The highest BCUT2D eigenvalue weighted by molar-refractivity contribution is 5.98. The summed E-state index contributed by atoms with van der Waals surface area (Å²) >= 11 is 0. The first kappa shape index (κ1) is 51.3. The molecule has 4 rings (SSSR count). The van der Waals surface area contributed by atoms with Crippen molar-refractivity contribution in [3.05, 3.63) is 101 Å². The Morgan fingerprint density at radius 2 is 1.49 bits per heavy atom. The van der Waals surface area contributed by atoms with Gasteiger partial charge in [0.05, 0.1) is 79.0 Å². The number of carbonyl (C=O) groups excluding carboxylic acids is 4. The fourth-order valence-corrected chi connectivity index (χ4v) is 6.33. The van der Waals surface area contributed by atoms with Gasteiger partial charge in [0.2, 0.25) is 11.8 Å². The van der Waals surface area contributed by atoms with Crippen molar-refractivity contribution in [1.29, 1.82) is 0 Å². The lowest BCUT2D eigenvalue weighted by Crippen LogP contribution is -2.40. The largest absolute Gasteiger partial charge is 0.491 e. The van der Waals surface area contributed by atoms with Gasteiger partial charge in [-0.05, 0) is 96.9 Å². The van der Waals surface area contributed by atoms with E-state index < -0.39 is 29.6 Å². The zero-order valence-electron chi connectivity index (χ0n) is 37.9. The second kappa shape index (κ2) is 27.8. The van der Waals surface area contributed by atoms with Gasteiger partial charge in [0, 0.05) is 30.6 Å². The zero-order chi connectivity index (χ0) is 46.9. The second-order valence-corrected chi connectivity index (χ2v) is 15.7. The van der Waals surface area contributed by atoms with E-state index in [1.165, 1.54) is 12.0 Å². The first-order valence-corrected chi connectivity index (χ1v) is 21.5. The highest BCUT2D eigenvalue weighted by atomic mass is 16.6. The minimum absolute atomic E-state index is 0.0373. The smallest absolute Gasteiger partial charge is 0.416 e. The van der Waals surface area contributed by atoms with E-state index in [1.54, 1.807) is 33.0 Å². The normalized spacial score (nSPS) is 11.6. The summed E-state index contributed by atoms with van der Waals surface area (Å²) in [5.74, 6) is -0.310. The third-order valence-electron chi connectivity index (χ3n) is 9.43. The molecule has 0 bridgehead atoms. The maximum absolute atomic E-state index is 13.1. The van der Waals surface area contributed by atoms with Gasteiger partial charge in [-0.3, -0.25) is 19.3 Å². The van der Waals surface area contributed by atoms with E-state index in [0.717, 1.165) is 27.5 Å². The van der Waals surface area contributed by atoms with Gasteiger partial charge in [-0.1, -0.05) is 53.6 Å². The van der Waals surface area contributed by atoms with Gasteiger partial charge >= 0.3 is 12.1 Å². The van der Waals surface area contributed by atoms with Crippen LogP contribution in [0.4, 0.5) is 10.6 Å². The number of aryl methyl sites for hydroxylation is 1. The highest BCUT2D eigenvalue weighted by Gasteiger charge is 2.25. The monoisotopic (exact) mass is 899 g/mol. The van der Waals surface area contributed by atoms with Crippen LogP contribution in [0.2, 0.25) is 0 Å². The number of methoxy groups -OCH3 is 1. The van der Waals surface area contributed by atoms with Gasteiger partial charge in [0.25, 0.3) is 0 Å². The number of anilines is 1. The molecule has 1 heterocycles. The highest BCUT2D eigenvalue weighted by Crippen LogP contribution is 2.34. The van der Waals surface area contributed by atoms with Gasteiger partial charge in [0.1, 0.15) is 23.8 Å². The molecule has 0 spiro atoms. The lowest BCUT2D eigenvalue weighted by atomic mass is 9.95. The number of nitrogens with zero attached hydrogens (tertiary/aromatic N) is 5. The molecule has 0 fully saturated rings. The number of esters is 1. The number of azide groups is 1. The third-order valence-corrected chi connectivity index (χ3v) is 9.43. The maximum atomic E-state index is 13.1. The first-order valence-electron chi connectivity index (χ1n) is 21.5. The van der Waals surface area contributed by atoms with Crippen LogP contribution < -0.4 is 20.3 Å². The summed E-state index contributed by atoms with van der Waals surface area (Å²) in [7, 11) is 1.28. The molecule has 3 amide bonds. The molecule has 18 nitrogen and oxygen atoms in total. The van der Waals surface area contributed by atoms with Crippen molar-refractivity contribution in [2.75, 3.05) is 91.1 Å². The molecule has 3 aromatic carbocycles. The van der Waals surface area contributed by atoms with Crippen LogP contribution in [-0.4, -0.2) is 121 Å². The molecule has 0 aliphatic heterocycles. The number of amides is 3. The van der Waals surface area contributed by atoms with Crippen molar-refractivity contribution >= 4 is 40.5 Å². The Bertz CT molecular complexity index is 2180. The van der Waals surface area contributed by atoms with Crippen LogP contribution in [0, 0.1) is 6.92 Å². The zero-order valence-corrected chi connectivity index (χ0v) is 37.9. The lowest BCUT2D eigenvalue weighted by Gasteiger charge is -2.27. The van der Waals surface area contributed by atoms with Crippen molar-refractivity contribution < 1.29 is 52.3 Å². The molecule has 0 saturated heterocycles. The van der Waals surface area contributed by atoms with Crippen LogP contribution in [0.25, 0.3) is 32.3 Å². The van der Waals surface area contributed by atoms with E-state index in [9.17, 15) is 19.2 Å². The topological polar surface area (TPSA) is 222 Å². The summed E-state index contributed by atoms with van der Waals surface area (Å²) in [6.45, 7) is 10.9. The predicted molar refractivity (Wildman–Crippen MR) is 244 cm³/mol. The molecule has 4 aromatic rings. The molecule has 0 saturated carbocycles. The summed E-state index contributed by atoms with van der Waals surface area (Å²) in [4.78, 5) is 59.8. The van der Waals surface area contributed by atoms with Crippen LogP contribution in [0.15, 0.2) is 84.1 Å². The SMILES string of the molecule is COC(=O)C[C@H](NC(=O)CNC(=O)CCCN(C(=O)OC(C)(C)C)c1cc(C)ccn1)c1ccc(-c2cc(OCCOCCOCCOCCOCCN=[N+]=[N-])cc3ccccc23)cc1. The fraction of sp³-hybridized carbons (Fsp3) is 0.468. The van der Waals surface area contributed by atoms with E-state index in [4.69, 9.17) is 38.7 Å². The second-order valence-electron chi connectivity index (χ2n) is 15.7. The van der Waals surface area contributed by atoms with E-state index in [0.29, 0.717) is 83.1 Å². The lowest BCUT2D eigenvalue weighted by molar-refractivity contribution is -0.141. The Labute approximate surface area is 379 Å². The van der Waals surface area contributed by atoms with E-state index in [-0.39, 0.29) is 38.3 Å². The molecule has 2 N–H and O–H groups in total. The van der Waals surface area contributed by atoms with Gasteiger partial charge in [0.15, 0.2) is 0 Å². The van der Waals surface area contributed by atoms with Gasteiger partial charge in [-0.2, -0.15) is 0 Å². The standard InChI is InChI=1S/C47H61N7O11/c1-34-16-17-49-42(29-34)54(46(58)65-47(2,3)4)19-8-11-43(55)50-33-44(56)52-41(32-45(57)59-5)36-14-12-35(13-15-36)40-31-38(30-37-9-6-7-10-39(37)40)64-28-27-63-26-25-62-24-23-61-22-21-60-20-18-51-53-48/h6-7,9-10,12-17,29-31,41H,8,11,18-28,32-33H2,1-5H3,(H,50,55)(H,52,56)/t41-/m0/s1. The van der Waals surface area contributed by atoms with Gasteiger partial charge in [-0.15, -0.1) is 0 Å². The molecule has 0 aliphatic carbocycles. The van der Waals surface area contributed by atoms with Crippen LogP contribution in [-0.2, 0) is 42.8 Å². The maximum Gasteiger partial charge on any atom is 0.416 e. The van der Waals surface area contributed by atoms with Crippen molar-refractivity contribution in [3.8, 4) is 16.9 Å². The van der Waals surface area contributed by atoms with Crippen LogP contribution in [0.1, 0.15) is 57.2 Å². The summed E-state index contributed by atoms with van der Waals surface area (Å²) in [6.07, 6.45) is 1.22. The molecule has 65 heavy (non-hydrogen) atoms. The fourth-order valence-electron chi connectivity index (χ4n) is 6.33. The van der Waals surface area contributed by atoms with Crippen LogP contribution in [0.3, 0.4) is 0 Å².